The summed E-state index contributed by atoms with van der Waals surface area (Å²) < 4.78 is 5.15. The molecular weight excluding hydrogens is 490 g/mol. The predicted molar refractivity (Wildman–Crippen MR) is 129 cm³/mol. The molecule has 0 radical (unpaired) electrons. The van der Waals surface area contributed by atoms with Crippen LogP contribution in [0, 0.1) is 0 Å². The zero-order valence-electron chi connectivity index (χ0n) is 20.1. The maximum Gasteiger partial charge on any atom is 0.410 e. The normalized spacial score (nSPS) is 28.9. The molecule has 4 amide bonds. The topological polar surface area (TPSA) is 154 Å². The largest absolute Gasteiger partial charge is 0.477 e. The number of hydrogen-bond acceptors (Lipinski definition) is 8. The third-order valence-electron chi connectivity index (χ3n) is 6.75. The molecule has 36 heavy (non-hydrogen) atoms. The molecule has 4 atom stereocenters. The average Bonchev–Trinajstić information content (AvgIpc) is 3.44. The summed E-state index contributed by atoms with van der Waals surface area (Å²) in [5, 5.41) is 9.33. The van der Waals surface area contributed by atoms with Gasteiger partial charge >= 0.3 is 12.1 Å². The molecule has 0 aliphatic carbocycles. The van der Waals surface area contributed by atoms with Crippen LogP contribution in [-0.4, -0.2) is 118 Å². The molecule has 0 aromatic heterocycles. The minimum Gasteiger partial charge on any atom is -0.477 e. The fourth-order valence-electron chi connectivity index (χ4n) is 4.96. The Hall–Kier alpha value is -3.32. The zero-order chi connectivity index (χ0) is 26.3. The summed E-state index contributed by atoms with van der Waals surface area (Å²) in [6.07, 6.45) is 2.98. The molecule has 3 saturated heterocycles. The lowest BCUT2D eigenvalue weighted by Crippen LogP contribution is -2.68. The number of fused-ring (bicyclic) bond motifs is 1. The Morgan fingerprint density at radius 3 is 2.67 bits per heavy atom. The maximum atomic E-state index is 13.3. The third-order valence-corrected chi connectivity index (χ3v) is 8.08. The Morgan fingerprint density at radius 1 is 1.31 bits per heavy atom. The summed E-state index contributed by atoms with van der Waals surface area (Å²) in [6, 6.07) is -1.90. The second-order valence-electron chi connectivity index (χ2n) is 9.19. The highest BCUT2D eigenvalue weighted by Crippen LogP contribution is 2.40. The summed E-state index contributed by atoms with van der Waals surface area (Å²) in [6.45, 7) is 4.03. The number of amides is 4. The van der Waals surface area contributed by atoms with Gasteiger partial charge in [-0.15, -0.1) is 11.8 Å². The Morgan fingerprint density at radius 2 is 2.03 bits per heavy atom. The Labute approximate surface area is 212 Å². The van der Waals surface area contributed by atoms with E-state index in [0.717, 1.165) is 0 Å². The molecule has 4 aliphatic heterocycles. The summed E-state index contributed by atoms with van der Waals surface area (Å²) in [4.78, 5) is 68.3. The van der Waals surface area contributed by atoms with Crippen LogP contribution in [-0.2, 0) is 23.9 Å². The van der Waals surface area contributed by atoms with Gasteiger partial charge in [0.05, 0.1) is 6.04 Å². The van der Waals surface area contributed by atoms with Crippen LogP contribution < -0.4 is 5.73 Å². The second-order valence-corrected chi connectivity index (χ2v) is 10.3. The Bertz CT molecular complexity index is 1090. The van der Waals surface area contributed by atoms with Gasteiger partial charge in [0.15, 0.2) is 0 Å². The number of nitrogens with zero attached hydrogens (tertiary/aromatic N) is 4. The van der Waals surface area contributed by atoms with Gasteiger partial charge in [-0.3, -0.25) is 24.2 Å². The first-order valence-corrected chi connectivity index (χ1v) is 12.5. The van der Waals surface area contributed by atoms with Crippen LogP contribution >= 0.6 is 11.8 Å². The first-order valence-electron chi connectivity index (χ1n) is 11.5. The highest BCUT2D eigenvalue weighted by molar-refractivity contribution is 8.00. The van der Waals surface area contributed by atoms with Crippen molar-refractivity contribution in [1.29, 1.82) is 0 Å². The molecule has 0 spiro atoms. The number of likely N-dealkylation sites (tertiary alicyclic amines) is 2. The van der Waals surface area contributed by atoms with Crippen LogP contribution in [0.15, 0.2) is 35.6 Å². The van der Waals surface area contributed by atoms with Crippen molar-refractivity contribution in [2.45, 2.75) is 36.3 Å². The number of carbonyl (C=O) groups is 5. The van der Waals surface area contributed by atoms with Gasteiger partial charge in [0.2, 0.25) is 17.7 Å². The quantitative estimate of drug-likeness (QED) is 0.271. The number of carbonyl (C=O) groups excluding carboxylic acids is 4. The molecule has 0 aromatic carbocycles. The molecule has 194 valence electrons. The number of ether oxygens (including phenoxy) is 1. The predicted octanol–water partition coefficient (Wildman–Crippen LogP) is -0.420. The molecule has 3 fully saturated rings. The van der Waals surface area contributed by atoms with Crippen molar-refractivity contribution in [3.05, 3.63) is 35.6 Å². The van der Waals surface area contributed by atoms with E-state index in [2.05, 4.69) is 6.58 Å². The van der Waals surface area contributed by atoms with Crippen molar-refractivity contribution in [2.24, 2.45) is 5.73 Å². The molecule has 0 aromatic rings. The van der Waals surface area contributed by atoms with E-state index >= 15 is 0 Å². The molecule has 4 aliphatic rings. The average molecular weight is 520 g/mol. The smallest absolute Gasteiger partial charge is 0.410 e. The first kappa shape index (κ1) is 25.8. The first-order chi connectivity index (χ1) is 17.1. The van der Waals surface area contributed by atoms with Crippen LogP contribution in [0.1, 0.15) is 12.8 Å². The van der Waals surface area contributed by atoms with Crippen molar-refractivity contribution in [3.63, 3.8) is 0 Å². The molecule has 0 bridgehead atoms. The molecular formula is C23H29N5O7S. The molecule has 0 saturated carbocycles. The Balaban J connectivity index is 1.55. The monoisotopic (exact) mass is 519 g/mol. The highest BCUT2D eigenvalue weighted by Gasteiger charge is 2.52. The summed E-state index contributed by atoms with van der Waals surface area (Å²) in [7, 11) is 3.20. The molecule has 12 nitrogen and oxygen atoms in total. The fourth-order valence-corrected chi connectivity index (χ4v) is 6.22. The Kier molecular flexibility index (Phi) is 7.14. The summed E-state index contributed by atoms with van der Waals surface area (Å²) in [5.74, 6) is -1.94. The van der Waals surface area contributed by atoms with Gasteiger partial charge in [0.1, 0.15) is 29.8 Å². The number of rotatable bonds is 6. The molecule has 4 rings (SSSR count). The van der Waals surface area contributed by atoms with Crippen LogP contribution in [0.5, 0.6) is 0 Å². The van der Waals surface area contributed by atoms with E-state index in [1.807, 2.05) is 0 Å². The number of β-lactam (4-membered cyclic amide) rings is 1. The van der Waals surface area contributed by atoms with Crippen molar-refractivity contribution in [3.8, 4) is 0 Å². The van der Waals surface area contributed by atoms with E-state index in [4.69, 9.17) is 10.5 Å². The van der Waals surface area contributed by atoms with E-state index in [1.54, 1.807) is 25.1 Å². The van der Waals surface area contributed by atoms with Crippen molar-refractivity contribution >= 4 is 41.5 Å². The van der Waals surface area contributed by atoms with E-state index in [1.165, 1.54) is 32.5 Å². The van der Waals surface area contributed by atoms with Crippen LogP contribution in [0.25, 0.3) is 0 Å². The van der Waals surface area contributed by atoms with Gasteiger partial charge < -0.3 is 25.4 Å². The van der Waals surface area contributed by atoms with Crippen molar-refractivity contribution in [1.82, 2.24) is 19.6 Å². The van der Waals surface area contributed by atoms with Crippen LogP contribution in [0.2, 0.25) is 0 Å². The molecule has 3 N–H and O–H groups in total. The number of hydrogen-bond donors (Lipinski definition) is 2. The molecule has 4 heterocycles. The van der Waals surface area contributed by atoms with Crippen molar-refractivity contribution in [2.75, 3.05) is 39.5 Å². The lowest BCUT2D eigenvalue weighted by atomic mass is 10.0. The summed E-state index contributed by atoms with van der Waals surface area (Å²) in [5.41, 5.74) is 6.46. The number of likely N-dealkylation sites (N-methyl/N-ethyl adjacent to an activating group) is 1. The molecule has 0 unspecified atom stereocenters. The number of aliphatic carboxylic acids is 1. The van der Waals surface area contributed by atoms with Crippen molar-refractivity contribution < 1.29 is 33.8 Å². The number of nitrogens with two attached hydrogens (primary N) is 1. The summed E-state index contributed by atoms with van der Waals surface area (Å²) >= 11 is 1.36. The minimum atomic E-state index is -1.25. The number of carboxylic acids is 1. The molecule has 13 heteroatoms. The maximum absolute atomic E-state index is 13.3. The standard InChI is InChI=1S/C23H29N5O7S/c1-4-7-35-23(34)27-10-14(9-15(27)19(30)25(2)3)26-6-5-12(18(26)29)8-13-11-36-21-16(24)20(31)28(21)17(13)22(32)33/h4,8,14-16,21H,1,5-7,9-11,24H2,2-3H3,(H,32,33)/t14-,15+,16+,21+/m0/s1. The SMILES string of the molecule is C=CCOC(=O)N1C[C@@H](N2CCC(=CC3=C(C(=O)O)N4C(=O)[C@@H](N)[C@H]4SC3)C2=O)C[C@@H]1C(=O)N(C)C. The number of carboxylic acid groups (broad SMARTS) is 1. The number of thioether (sulfide) groups is 1. The third kappa shape index (κ3) is 4.37. The zero-order valence-corrected chi connectivity index (χ0v) is 20.9. The van der Waals surface area contributed by atoms with E-state index in [0.29, 0.717) is 29.9 Å². The number of allylic oxidation sites excluding steroid dienone is 1. The van der Waals surface area contributed by atoms with Gasteiger partial charge in [-0.05, 0) is 24.5 Å². The van der Waals surface area contributed by atoms with E-state index in [9.17, 15) is 29.1 Å². The van der Waals surface area contributed by atoms with Crippen LogP contribution in [0.4, 0.5) is 4.79 Å². The van der Waals surface area contributed by atoms with Gasteiger partial charge in [-0.2, -0.15) is 0 Å². The second kappa shape index (κ2) is 9.97. The minimum absolute atomic E-state index is 0.00270. The van der Waals surface area contributed by atoms with Gasteiger partial charge in [0.25, 0.3) is 0 Å². The van der Waals surface area contributed by atoms with Gasteiger partial charge in [-0.25, -0.2) is 9.59 Å². The van der Waals surface area contributed by atoms with E-state index in [-0.39, 0.29) is 37.1 Å². The fraction of sp³-hybridized carbons (Fsp3) is 0.522. The highest BCUT2D eigenvalue weighted by atomic mass is 32.2. The van der Waals surface area contributed by atoms with Gasteiger partial charge in [0, 0.05) is 38.5 Å². The lowest BCUT2D eigenvalue weighted by molar-refractivity contribution is -0.147. The van der Waals surface area contributed by atoms with Crippen LogP contribution in [0.3, 0.4) is 0 Å². The lowest BCUT2D eigenvalue weighted by Gasteiger charge is -2.47. The van der Waals surface area contributed by atoms with Gasteiger partial charge in [-0.1, -0.05) is 12.7 Å². The van der Waals surface area contributed by atoms with E-state index < -0.39 is 41.5 Å².